The fourth-order valence-corrected chi connectivity index (χ4v) is 2.92. The van der Waals surface area contributed by atoms with E-state index in [1.54, 1.807) is 23.6 Å². The summed E-state index contributed by atoms with van der Waals surface area (Å²) in [6, 6.07) is 13.1. The zero-order valence-corrected chi connectivity index (χ0v) is 12.5. The molecule has 112 valence electrons. The molecule has 1 aliphatic rings. The molecule has 0 saturated carbocycles. The number of carbonyl (C=O) groups excluding carboxylic acids is 2. The third kappa shape index (κ3) is 2.01. The van der Waals surface area contributed by atoms with Crippen LogP contribution in [0.3, 0.4) is 0 Å². The van der Waals surface area contributed by atoms with E-state index in [-0.39, 0.29) is 23.0 Å². The summed E-state index contributed by atoms with van der Waals surface area (Å²) in [6.45, 7) is 2.30. The van der Waals surface area contributed by atoms with Gasteiger partial charge in [-0.1, -0.05) is 30.3 Å². The van der Waals surface area contributed by atoms with Crippen molar-refractivity contribution in [2.45, 2.75) is 13.5 Å². The van der Waals surface area contributed by atoms with E-state index in [0.29, 0.717) is 23.6 Å². The Bertz CT molecular complexity index is 942. The fourth-order valence-electron chi connectivity index (χ4n) is 2.92. The summed E-state index contributed by atoms with van der Waals surface area (Å²) in [4.78, 5) is 33.8. The lowest BCUT2D eigenvalue weighted by molar-refractivity contribution is 0.0967. The van der Waals surface area contributed by atoms with E-state index in [2.05, 4.69) is 9.97 Å². The second-order valence-corrected chi connectivity index (χ2v) is 5.49. The molecular weight excluding hydrogens is 290 g/mol. The minimum atomic E-state index is -0.244. The van der Waals surface area contributed by atoms with Gasteiger partial charge in [0.05, 0.1) is 5.56 Å². The van der Waals surface area contributed by atoms with Gasteiger partial charge < -0.3 is 4.57 Å². The highest BCUT2D eigenvalue weighted by molar-refractivity contribution is 6.26. The predicted octanol–water partition coefficient (Wildman–Crippen LogP) is 2.41. The fraction of sp³-hybridized carbons (Fsp3) is 0.111. The Labute approximate surface area is 132 Å². The largest absolute Gasteiger partial charge is 0.320 e. The van der Waals surface area contributed by atoms with Gasteiger partial charge in [0.2, 0.25) is 11.6 Å². The molecular formula is C18H13N3O2. The molecule has 1 aliphatic carbocycles. The Morgan fingerprint density at radius 1 is 0.957 bits per heavy atom. The van der Waals surface area contributed by atoms with Gasteiger partial charge in [-0.05, 0) is 24.6 Å². The van der Waals surface area contributed by atoms with Crippen molar-refractivity contribution in [2.24, 2.45) is 0 Å². The van der Waals surface area contributed by atoms with Crippen LogP contribution in [-0.4, -0.2) is 26.1 Å². The topological polar surface area (TPSA) is 64.8 Å². The monoisotopic (exact) mass is 303 g/mol. The smallest absolute Gasteiger partial charge is 0.230 e. The molecule has 5 heteroatoms. The number of aromatic nitrogens is 3. The lowest BCUT2D eigenvalue weighted by Crippen LogP contribution is -2.24. The number of imidazole rings is 1. The minimum Gasteiger partial charge on any atom is -0.320 e. The lowest BCUT2D eigenvalue weighted by atomic mass is 9.94. The number of aryl methyl sites for hydroxylation is 1. The van der Waals surface area contributed by atoms with Crippen LogP contribution in [-0.2, 0) is 6.54 Å². The van der Waals surface area contributed by atoms with Gasteiger partial charge in [0, 0.05) is 12.7 Å². The van der Waals surface area contributed by atoms with Crippen molar-refractivity contribution in [3.8, 4) is 0 Å². The van der Waals surface area contributed by atoms with Crippen molar-refractivity contribution in [3.05, 3.63) is 82.7 Å². The van der Waals surface area contributed by atoms with Crippen molar-refractivity contribution in [1.82, 2.24) is 14.5 Å². The zero-order valence-electron chi connectivity index (χ0n) is 12.5. The summed E-state index contributed by atoms with van der Waals surface area (Å²) >= 11 is 0. The number of ketones is 2. The van der Waals surface area contributed by atoms with Gasteiger partial charge >= 0.3 is 0 Å². The Morgan fingerprint density at radius 2 is 1.74 bits per heavy atom. The van der Waals surface area contributed by atoms with E-state index in [1.807, 2.05) is 30.3 Å². The molecule has 0 aliphatic heterocycles. The molecule has 0 saturated heterocycles. The van der Waals surface area contributed by atoms with E-state index in [9.17, 15) is 9.59 Å². The predicted molar refractivity (Wildman–Crippen MR) is 83.6 cm³/mol. The average Bonchev–Trinajstić information content (AvgIpc) is 2.91. The second kappa shape index (κ2) is 4.98. The average molecular weight is 303 g/mol. The van der Waals surface area contributed by atoms with E-state index >= 15 is 0 Å². The first-order valence-electron chi connectivity index (χ1n) is 7.32. The summed E-state index contributed by atoms with van der Waals surface area (Å²) in [7, 11) is 0. The van der Waals surface area contributed by atoms with Crippen LogP contribution in [0.1, 0.15) is 43.6 Å². The molecule has 0 atom stereocenters. The van der Waals surface area contributed by atoms with E-state index in [4.69, 9.17) is 0 Å². The van der Waals surface area contributed by atoms with E-state index < -0.39 is 0 Å². The first-order chi connectivity index (χ1) is 11.2. The van der Waals surface area contributed by atoms with Crippen LogP contribution in [0.15, 0.2) is 48.7 Å². The zero-order chi connectivity index (χ0) is 16.0. The van der Waals surface area contributed by atoms with Crippen molar-refractivity contribution in [1.29, 1.82) is 0 Å². The van der Waals surface area contributed by atoms with Crippen LogP contribution in [0.4, 0.5) is 0 Å². The Hall–Kier alpha value is -3.08. The maximum atomic E-state index is 12.8. The molecule has 3 aromatic rings. The van der Waals surface area contributed by atoms with E-state index in [1.165, 1.54) is 6.20 Å². The van der Waals surface area contributed by atoms with Crippen molar-refractivity contribution in [2.75, 3.05) is 0 Å². The molecule has 1 aromatic carbocycles. The molecule has 0 amide bonds. The number of benzene rings is 1. The second-order valence-electron chi connectivity index (χ2n) is 5.49. The minimum absolute atomic E-state index is 0.208. The normalized spacial score (nSPS) is 12.9. The molecule has 4 rings (SSSR count). The van der Waals surface area contributed by atoms with E-state index in [0.717, 1.165) is 5.56 Å². The Kier molecular flexibility index (Phi) is 2.94. The SMILES string of the molecule is Cc1nc2c(n1Cc1ccccc1)C(=O)c1ncccc1C2=O. The third-order valence-electron chi connectivity index (χ3n) is 4.04. The van der Waals surface area contributed by atoms with Gasteiger partial charge in [0.15, 0.2) is 0 Å². The number of rotatable bonds is 2. The number of hydrogen-bond donors (Lipinski definition) is 0. The number of fused-ring (bicyclic) bond motifs is 2. The summed E-state index contributed by atoms with van der Waals surface area (Å²) in [5.41, 5.74) is 2.14. The number of carbonyl (C=O) groups is 2. The summed E-state index contributed by atoms with van der Waals surface area (Å²) < 4.78 is 1.79. The molecule has 0 bridgehead atoms. The standard InChI is InChI=1S/C18H13N3O2/c1-11-20-15-16(21(11)10-12-6-3-2-4-7-12)18(23)14-13(17(15)22)8-5-9-19-14/h2-9H,10H2,1H3. The first kappa shape index (κ1) is 13.6. The third-order valence-corrected chi connectivity index (χ3v) is 4.04. The molecule has 2 heterocycles. The van der Waals surface area contributed by atoms with Gasteiger partial charge in [-0.25, -0.2) is 4.98 Å². The molecule has 0 radical (unpaired) electrons. The summed E-state index contributed by atoms with van der Waals surface area (Å²) in [5.74, 6) is 0.165. The van der Waals surface area contributed by atoms with Gasteiger partial charge in [-0.3, -0.25) is 14.6 Å². The highest BCUT2D eigenvalue weighted by Gasteiger charge is 2.35. The highest BCUT2D eigenvalue weighted by atomic mass is 16.1. The quantitative estimate of drug-likeness (QED) is 0.570. The Balaban J connectivity index is 1.88. The summed E-state index contributed by atoms with van der Waals surface area (Å²) in [6.07, 6.45) is 1.53. The van der Waals surface area contributed by atoms with Gasteiger partial charge in [0.1, 0.15) is 22.9 Å². The van der Waals surface area contributed by atoms with Crippen molar-refractivity contribution in [3.63, 3.8) is 0 Å². The number of pyridine rings is 1. The van der Waals surface area contributed by atoms with Gasteiger partial charge in [0.25, 0.3) is 0 Å². The van der Waals surface area contributed by atoms with Crippen LogP contribution < -0.4 is 0 Å². The first-order valence-corrected chi connectivity index (χ1v) is 7.32. The molecule has 5 nitrogen and oxygen atoms in total. The van der Waals surface area contributed by atoms with Crippen LogP contribution in [0.25, 0.3) is 0 Å². The molecule has 0 unspecified atom stereocenters. The maximum Gasteiger partial charge on any atom is 0.230 e. The summed E-state index contributed by atoms with van der Waals surface area (Å²) in [5, 5.41) is 0. The molecule has 2 aromatic heterocycles. The maximum absolute atomic E-state index is 12.8. The molecule has 0 spiro atoms. The van der Waals surface area contributed by atoms with Crippen LogP contribution >= 0.6 is 0 Å². The van der Waals surface area contributed by atoms with Crippen LogP contribution in [0.2, 0.25) is 0 Å². The van der Waals surface area contributed by atoms with Gasteiger partial charge in [-0.15, -0.1) is 0 Å². The lowest BCUT2D eigenvalue weighted by Gasteiger charge is -2.15. The Morgan fingerprint density at radius 3 is 2.52 bits per heavy atom. The highest BCUT2D eigenvalue weighted by Crippen LogP contribution is 2.27. The molecule has 23 heavy (non-hydrogen) atoms. The van der Waals surface area contributed by atoms with Crippen LogP contribution in [0.5, 0.6) is 0 Å². The van der Waals surface area contributed by atoms with Gasteiger partial charge in [-0.2, -0.15) is 0 Å². The number of nitrogens with zero attached hydrogens (tertiary/aromatic N) is 3. The van der Waals surface area contributed by atoms with Crippen molar-refractivity contribution < 1.29 is 9.59 Å². The van der Waals surface area contributed by atoms with Crippen molar-refractivity contribution >= 4 is 11.6 Å². The number of hydrogen-bond acceptors (Lipinski definition) is 4. The molecule has 0 N–H and O–H groups in total. The van der Waals surface area contributed by atoms with Crippen LogP contribution in [0, 0.1) is 6.92 Å². The molecule has 0 fully saturated rings.